The number of aromatic nitrogens is 1. The van der Waals surface area contributed by atoms with E-state index in [-0.39, 0.29) is 29.8 Å². The summed E-state index contributed by atoms with van der Waals surface area (Å²) in [7, 11) is 0. The average Bonchev–Trinajstić information content (AvgIpc) is 3.23. The fourth-order valence-electron chi connectivity index (χ4n) is 2.47. The molecule has 1 aliphatic rings. The first-order valence-electron chi connectivity index (χ1n) is 7.30. The largest absolute Gasteiger partial charge is 0.478 e. The standard InChI is InChI=1S/C16H16N2O5/c19-15(13-14(23-9-18-13)12-2-1-7-22-12)17-8-10-3-5-11(6-4-10)16(20)21/h3-6,9,12H,1-2,7-8H2,(H,17,19)(H,20,21)/t12-/m0/s1. The number of benzene rings is 1. The van der Waals surface area contributed by atoms with Crippen molar-refractivity contribution in [2.45, 2.75) is 25.5 Å². The maximum Gasteiger partial charge on any atom is 0.335 e. The molecule has 0 bridgehead atoms. The molecule has 1 aromatic heterocycles. The van der Waals surface area contributed by atoms with E-state index in [2.05, 4.69) is 10.3 Å². The topological polar surface area (TPSA) is 102 Å². The normalized spacial score (nSPS) is 17.1. The highest BCUT2D eigenvalue weighted by atomic mass is 16.5. The van der Waals surface area contributed by atoms with E-state index >= 15 is 0 Å². The van der Waals surface area contributed by atoms with E-state index < -0.39 is 5.97 Å². The first-order valence-corrected chi connectivity index (χ1v) is 7.30. The minimum atomic E-state index is -0.982. The summed E-state index contributed by atoms with van der Waals surface area (Å²) in [6, 6.07) is 6.32. The fraction of sp³-hybridized carbons (Fsp3) is 0.312. The second-order valence-corrected chi connectivity index (χ2v) is 5.25. The second-order valence-electron chi connectivity index (χ2n) is 5.25. The number of nitrogens with zero attached hydrogens (tertiary/aromatic N) is 1. The highest BCUT2D eigenvalue weighted by Crippen LogP contribution is 2.30. The minimum absolute atomic E-state index is 0.206. The maximum absolute atomic E-state index is 12.2. The van der Waals surface area contributed by atoms with Crippen molar-refractivity contribution in [1.29, 1.82) is 0 Å². The summed E-state index contributed by atoms with van der Waals surface area (Å²) in [5.41, 5.74) is 1.24. The van der Waals surface area contributed by atoms with Crippen molar-refractivity contribution in [3.05, 3.63) is 53.2 Å². The van der Waals surface area contributed by atoms with Gasteiger partial charge in [0.1, 0.15) is 6.10 Å². The zero-order chi connectivity index (χ0) is 16.2. The Labute approximate surface area is 132 Å². The van der Waals surface area contributed by atoms with Crippen molar-refractivity contribution in [3.63, 3.8) is 0 Å². The summed E-state index contributed by atoms with van der Waals surface area (Å²) in [6.45, 7) is 0.929. The number of carbonyl (C=O) groups is 2. The number of oxazole rings is 1. The zero-order valence-electron chi connectivity index (χ0n) is 12.3. The molecule has 2 aromatic rings. The molecule has 7 heteroatoms. The van der Waals surface area contributed by atoms with E-state index in [4.69, 9.17) is 14.3 Å². The number of carboxylic acids is 1. The number of carboxylic acid groups (broad SMARTS) is 1. The van der Waals surface area contributed by atoms with Crippen LogP contribution in [0.1, 0.15) is 51.1 Å². The molecular weight excluding hydrogens is 300 g/mol. The van der Waals surface area contributed by atoms with Crippen molar-refractivity contribution in [3.8, 4) is 0 Å². The van der Waals surface area contributed by atoms with Gasteiger partial charge in [0.15, 0.2) is 17.8 Å². The van der Waals surface area contributed by atoms with E-state index in [0.717, 1.165) is 18.4 Å². The quantitative estimate of drug-likeness (QED) is 0.876. The SMILES string of the molecule is O=C(O)c1ccc(CNC(=O)c2ncoc2[C@@H]2CCCO2)cc1. The Balaban J connectivity index is 1.63. The van der Waals surface area contributed by atoms with E-state index in [1.807, 2.05) is 0 Å². The molecule has 0 aliphatic carbocycles. The number of hydrogen-bond donors (Lipinski definition) is 2. The van der Waals surface area contributed by atoms with Crippen LogP contribution in [0.4, 0.5) is 0 Å². The molecule has 1 aromatic carbocycles. The molecule has 1 fully saturated rings. The Kier molecular flexibility index (Phi) is 4.38. The molecule has 0 spiro atoms. The molecule has 0 unspecified atom stereocenters. The molecule has 2 N–H and O–H groups in total. The van der Waals surface area contributed by atoms with Gasteiger partial charge in [-0.2, -0.15) is 0 Å². The monoisotopic (exact) mass is 316 g/mol. The molecule has 0 saturated carbocycles. The van der Waals surface area contributed by atoms with Crippen LogP contribution in [0.3, 0.4) is 0 Å². The number of aromatic carboxylic acids is 1. The first-order chi connectivity index (χ1) is 11.1. The number of ether oxygens (including phenoxy) is 1. The van der Waals surface area contributed by atoms with Gasteiger partial charge in [-0.3, -0.25) is 4.79 Å². The predicted octanol–water partition coefficient (Wildman–Crippen LogP) is 2.15. The van der Waals surface area contributed by atoms with Gasteiger partial charge in [-0.25, -0.2) is 9.78 Å². The lowest BCUT2D eigenvalue weighted by Crippen LogP contribution is -2.24. The summed E-state index contributed by atoms with van der Waals surface area (Å²) in [6.07, 6.45) is 2.77. The Bertz CT molecular complexity index is 702. The van der Waals surface area contributed by atoms with Crippen LogP contribution in [0.25, 0.3) is 0 Å². The van der Waals surface area contributed by atoms with Crippen LogP contribution in [0.15, 0.2) is 35.1 Å². The number of rotatable bonds is 5. The lowest BCUT2D eigenvalue weighted by atomic mass is 10.1. The lowest BCUT2D eigenvalue weighted by Gasteiger charge is -2.08. The van der Waals surface area contributed by atoms with Crippen molar-refractivity contribution in [1.82, 2.24) is 10.3 Å². The van der Waals surface area contributed by atoms with Gasteiger partial charge in [0.05, 0.1) is 5.56 Å². The molecule has 1 atom stereocenters. The molecule has 120 valence electrons. The van der Waals surface area contributed by atoms with Crippen molar-refractivity contribution in [2.24, 2.45) is 0 Å². The Morgan fingerprint density at radius 3 is 2.74 bits per heavy atom. The van der Waals surface area contributed by atoms with E-state index in [0.29, 0.717) is 12.4 Å². The van der Waals surface area contributed by atoms with Crippen LogP contribution in [0.2, 0.25) is 0 Å². The molecular formula is C16H16N2O5. The number of nitrogens with one attached hydrogen (secondary N) is 1. The summed E-state index contributed by atoms with van der Waals surface area (Å²) in [4.78, 5) is 27.0. The highest BCUT2D eigenvalue weighted by molar-refractivity contribution is 5.93. The summed E-state index contributed by atoms with van der Waals surface area (Å²) in [5.74, 6) is -0.864. The van der Waals surface area contributed by atoms with Crippen molar-refractivity contribution < 1.29 is 23.8 Å². The Morgan fingerprint density at radius 1 is 1.30 bits per heavy atom. The fourth-order valence-corrected chi connectivity index (χ4v) is 2.47. The van der Waals surface area contributed by atoms with Crippen molar-refractivity contribution >= 4 is 11.9 Å². The van der Waals surface area contributed by atoms with Crippen LogP contribution in [0.5, 0.6) is 0 Å². The molecule has 0 radical (unpaired) electrons. The molecule has 1 aliphatic heterocycles. The average molecular weight is 316 g/mol. The summed E-state index contributed by atoms with van der Waals surface area (Å²) < 4.78 is 10.8. The minimum Gasteiger partial charge on any atom is -0.478 e. The number of amides is 1. The third kappa shape index (κ3) is 3.40. The van der Waals surface area contributed by atoms with Crippen LogP contribution >= 0.6 is 0 Å². The van der Waals surface area contributed by atoms with Gasteiger partial charge in [-0.1, -0.05) is 12.1 Å². The van der Waals surface area contributed by atoms with Crippen LogP contribution < -0.4 is 5.32 Å². The Morgan fingerprint density at radius 2 is 2.09 bits per heavy atom. The van der Waals surface area contributed by atoms with Crippen LogP contribution in [-0.2, 0) is 11.3 Å². The van der Waals surface area contributed by atoms with Gasteiger partial charge in [0.25, 0.3) is 5.91 Å². The molecule has 7 nitrogen and oxygen atoms in total. The van der Waals surface area contributed by atoms with E-state index in [1.165, 1.54) is 18.5 Å². The van der Waals surface area contributed by atoms with Gasteiger partial charge in [0.2, 0.25) is 0 Å². The summed E-state index contributed by atoms with van der Waals surface area (Å²) >= 11 is 0. The van der Waals surface area contributed by atoms with Gasteiger partial charge >= 0.3 is 5.97 Å². The Hall–Kier alpha value is -2.67. The van der Waals surface area contributed by atoms with Gasteiger partial charge in [-0.05, 0) is 30.5 Å². The second kappa shape index (κ2) is 6.62. The molecule has 1 amide bonds. The molecule has 3 rings (SSSR count). The lowest BCUT2D eigenvalue weighted by molar-refractivity contribution is 0.0696. The van der Waals surface area contributed by atoms with Gasteiger partial charge in [-0.15, -0.1) is 0 Å². The molecule has 23 heavy (non-hydrogen) atoms. The van der Waals surface area contributed by atoms with Crippen molar-refractivity contribution in [2.75, 3.05) is 6.61 Å². The third-order valence-corrected chi connectivity index (χ3v) is 3.69. The van der Waals surface area contributed by atoms with Crippen LogP contribution in [-0.4, -0.2) is 28.6 Å². The maximum atomic E-state index is 12.2. The highest BCUT2D eigenvalue weighted by Gasteiger charge is 2.27. The van der Waals surface area contributed by atoms with Gasteiger partial charge in [0, 0.05) is 13.2 Å². The first kappa shape index (κ1) is 15.2. The van der Waals surface area contributed by atoms with Gasteiger partial charge < -0.3 is 19.6 Å². The third-order valence-electron chi connectivity index (χ3n) is 3.69. The number of hydrogen-bond acceptors (Lipinski definition) is 5. The molecule has 1 saturated heterocycles. The number of carbonyl (C=O) groups excluding carboxylic acids is 1. The zero-order valence-corrected chi connectivity index (χ0v) is 12.3. The van der Waals surface area contributed by atoms with Crippen LogP contribution in [0, 0.1) is 0 Å². The smallest absolute Gasteiger partial charge is 0.335 e. The van der Waals surface area contributed by atoms with E-state index in [9.17, 15) is 9.59 Å². The van der Waals surface area contributed by atoms with E-state index in [1.54, 1.807) is 12.1 Å². The predicted molar refractivity (Wildman–Crippen MR) is 79.0 cm³/mol. The molecule has 2 heterocycles. The summed E-state index contributed by atoms with van der Waals surface area (Å²) in [5, 5.41) is 11.6.